The SMILES string of the molecule is COc1ccc(Cl)cc1C(=O)N1CCCC1C(=O)N1CCC(N)C(C)(C)C1. The van der Waals surface area contributed by atoms with E-state index in [1.165, 1.54) is 7.11 Å². The van der Waals surface area contributed by atoms with Gasteiger partial charge in [0.05, 0.1) is 12.7 Å². The monoisotopic (exact) mass is 393 g/mol. The topological polar surface area (TPSA) is 75.9 Å². The van der Waals surface area contributed by atoms with E-state index >= 15 is 0 Å². The van der Waals surface area contributed by atoms with Crippen molar-refractivity contribution in [3.8, 4) is 5.75 Å². The van der Waals surface area contributed by atoms with Crippen molar-refractivity contribution < 1.29 is 14.3 Å². The van der Waals surface area contributed by atoms with Crippen LogP contribution < -0.4 is 10.5 Å². The summed E-state index contributed by atoms with van der Waals surface area (Å²) in [6.45, 7) is 5.99. The van der Waals surface area contributed by atoms with Gasteiger partial charge in [0.2, 0.25) is 5.91 Å². The standard InChI is InChI=1S/C20H28ClN3O3/c1-20(2)12-23(10-8-17(20)22)19(26)15-5-4-9-24(15)18(25)14-11-13(21)6-7-16(14)27-3/h6-7,11,15,17H,4-5,8-10,12,22H2,1-3H3. The summed E-state index contributed by atoms with van der Waals surface area (Å²) in [4.78, 5) is 29.9. The second-order valence-corrected chi connectivity index (χ2v) is 8.58. The van der Waals surface area contributed by atoms with Crippen molar-refractivity contribution >= 4 is 23.4 Å². The van der Waals surface area contributed by atoms with Gasteiger partial charge >= 0.3 is 0 Å². The lowest BCUT2D eigenvalue weighted by Crippen LogP contribution is -2.57. The number of ether oxygens (including phenoxy) is 1. The quantitative estimate of drug-likeness (QED) is 0.856. The van der Waals surface area contributed by atoms with Crippen molar-refractivity contribution in [2.24, 2.45) is 11.1 Å². The molecule has 2 atom stereocenters. The van der Waals surface area contributed by atoms with Gasteiger partial charge in [-0.1, -0.05) is 25.4 Å². The largest absolute Gasteiger partial charge is 0.496 e. The van der Waals surface area contributed by atoms with E-state index < -0.39 is 6.04 Å². The number of hydrogen-bond acceptors (Lipinski definition) is 4. The minimum atomic E-state index is -0.439. The molecule has 148 valence electrons. The van der Waals surface area contributed by atoms with Crippen LogP contribution in [0.25, 0.3) is 0 Å². The van der Waals surface area contributed by atoms with Crippen LogP contribution in [0.3, 0.4) is 0 Å². The Morgan fingerprint density at radius 3 is 2.67 bits per heavy atom. The molecule has 1 aromatic carbocycles. The van der Waals surface area contributed by atoms with Crippen molar-refractivity contribution in [1.29, 1.82) is 0 Å². The van der Waals surface area contributed by atoms with Gasteiger partial charge < -0.3 is 20.3 Å². The highest BCUT2D eigenvalue weighted by Gasteiger charge is 2.41. The number of nitrogens with two attached hydrogens (primary N) is 1. The number of carbonyl (C=O) groups is 2. The van der Waals surface area contributed by atoms with Crippen molar-refractivity contribution in [2.45, 2.75) is 45.2 Å². The molecule has 0 aliphatic carbocycles. The molecule has 2 amide bonds. The summed E-state index contributed by atoms with van der Waals surface area (Å²) in [6.07, 6.45) is 2.26. The minimum Gasteiger partial charge on any atom is -0.496 e. The van der Waals surface area contributed by atoms with Gasteiger partial charge in [-0.3, -0.25) is 9.59 Å². The molecule has 2 aliphatic heterocycles. The third-order valence-electron chi connectivity index (χ3n) is 5.81. The van der Waals surface area contributed by atoms with E-state index in [9.17, 15) is 9.59 Å². The molecular formula is C20H28ClN3O3. The number of nitrogens with zero attached hydrogens (tertiary/aromatic N) is 2. The van der Waals surface area contributed by atoms with Gasteiger partial charge in [-0.2, -0.15) is 0 Å². The first-order chi connectivity index (χ1) is 12.7. The van der Waals surface area contributed by atoms with Crippen molar-refractivity contribution in [3.63, 3.8) is 0 Å². The molecule has 0 aromatic heterocycles. The van der Waals surface area contributed by atoms with Gasteiger partial charge in [0.25, 0.3) is 5.91 Å². The molecular weight excluding hydrogens is 366 g/mol. The van der Waals surface area contributed by atoms with Crippen LogP contribution in [0.4, 0.5) is 0 Å². The molecule has 6 nitrogen and oxygen atoms in total. The van der Waals surface area contributed by atoms with Gasteiger partial charge in [-0.05, 0) is 42.9 Å². The van der Waals surface area contributed by atoms with Crippen molar-refractivity contribution in [1.82, 2.24) is 9.80 Å². The number of likely N-dealkylation sites (tertiary alicyclic amines) is 2. The van der Waals surface area contributed by atoms with Crippen LogP contribution in [0.1, 0.15) is 43.5 Å². The van der Waals surface area contributed by atoms with E-state index in [2.05, 4.69) is 13.8 Å². The number of halogens is 1. The molecule has 2 fully saturated rings. The molecule has 27 heavy (non-hydrogen) atoms. The lowest BCUT2D eigenvalue weighted by atomic mass is 9.79. The zero-order chi connectivity index (χ0) is 19.8. The second-order valence-electron chi connectivity index (χ2n) is 8.14. The predicted molar refractivity (Wildman–Crippen MR) is 105 cm³/mol. The van der Waals surface area contributed by atoms with E-state index in [0.29, 0.717) is 42.4 Å². The molecule has 0 radical (unpaired) electrons. The van der Waals surface area contributed by atoms with Gasteiger partial charge in [-0.25, -0.2) is 0 Å². The molecule has 2 saturated heterocycles. The maximum absolute atomic E-state index is 13.2. The minimum absolute atomic E-state index is 0.0156. The predicted octanol–water partition coefficient (Wildman–Crippen LogP) is 2.54. The van der Waals surface area contributed by atoms with E-state index in [0.717, 1.165) is 12.8 Å². The normalized spacial score (nSPS) is 24.8. The van der Waals surface area contributed by atoms with E-state index in [1.807, 2.05) is 4.90 Å². The van der Waals surface area contributed by atoms with Crippen molar-refractivity contribution in [3.05, 3.63) is 28.8 Å². The van der Waals surface area contributed by atoms with Crippen LogP contribution in [0.15, 0.2) is 18.2 Å². The van der Waals surface area contributed by atoms with Crippen LogP contribution in [-0.4, -0.2) is 60.4 Å². The number of methoxy groups -OCH3 is 1. The van der Waals surface area contributed by atoms with Crippen LogP contribution >= 0.6 is 11.6 Å². The van der Waals surface area contributed by atoms with Crippen LogP contribution in [0, 0.1) is 5.41 Å². The number of amides is 2. The van der Waals surface area contributed by atoms with Crippen molar-refractivity contribution in [2.75, 3.05) is 26.7 Å². The lowest BCUT2D eigenvalue weighted by molar-refractivity contribution is -0.138. The average molecular weight is 394 g/mol. The molecule has 2 unspecified atom stereocenters. The first-order valence-electron chi connectivity index (χ1n) is 9.43. The summed E-state index contributed by atoms with van der Waals surface area (Å²) >= 11 is 6.08. The molecule has 0 bridgehead atoms. The van der Waals surface area contributed by atoms with Crippen LogP contribution in [0.5, 0.6) is 5.75 Å². The summed E-state index contributed by atoms with van der Waals surface area (Å²) < 4.78 is 5.32. The Balaban J connectivity index is 1.80. The summed E-state index contributed by atoms with van der Waals surface area (Å²) in [6, 6.07) is 4.61. The van der Waals surface area contributed by atoms with Gasteiger partial charge in [-0.15, -0.1) is 0 Å². The zero-order valence-corrected chi connectivity index (χ0v) is 17.0. The molecule has 1 aromatic rings. The third kappa shape index (κ3) is 3.92. The Bertz CT molecular complexity index is 737. The fourth-order valence-electron chi connectivity index (χ4n) is 4.04. The summed E-state index contributed by atoms with van der Waals surface area (Å²) in [5.74, 6) is 0.271. The fraction of sp³-hybridized carbons (Fsp3) is 0.600. The number of rotatable bonds is 3. The Morgan fingerprint density at radius 2 is 2.00 bits per heavy atom. The van der Waals surface area contributed by atoms with Crippen LogP contribution in [0.2, 0.25) is 5.02 Å². The van der Waals surface area contributed by atoms with E-state index in [1.54, 1.807) is 23.1 Å². The molecule has 2 aliphatic rings. The average Bonchev–Trinajstić information content (AvgIpc) is 3.12. The number of carbonyl (C=O) groups excluding carboxylic acids is 2. The molecule has 2 N–H and O–H groups in total. The Kier molecular flexibility index (Phi) is 5.68. The fourth-order valence-corrected chi connectivity index (χ4v) is 4.21. The lowest BCUT2D eigenvalue weighted by Gasteiger charge is -2.44. The van der Waals surface area contributed by atoms with Gasteiger partial charge in [0.1, 0.15) is 11.8 Å². The first-order valence-corrected chi connectivity index (χ1v) is 9.81. The maximum atomic E-state index is 13.2. The van der Waals surface area contributed by atoms with Gasteiger partial charge in [0.15, 0.2) is 0 Å². The van der Waals surface area contributed by atoms with Crippen LogP contribution in [-0.2, 0) is 4.79 Å². The Hall–Kier alpha value is -1.79. The molecule has 7 heteroatoms. The molecule has 0 saturated carbocycles. The second kappa shape index (κ2) is 7.68. The number of piperidine rings is 1. The first kappa shape index (κ1) is 20.0. The Morgan fingerprint density at radius 1 is 1.26 bits per heavy atom. The Labute approximate surface area is 165 Å². The molecule has 0 spiro atoms. The van der Waals surface area contributed by atoms with Gasteiger partial charge in [0, 0.05) is 30.7 Å². The number of hydrogen-bond donors (Lipinski definition) is 1. The molecule has 2 heterocycles. The number of benzene rings is 1. The maximum Gasteiger partial charge on any atom is 0.258 e. The highest BCUT2D eigenvalue weighted by atomic mass is 35.5. The zero-order valence-electron chi connectivity index (χ0n) is 16.2. The summed E-state index contributed by atoms with van der Waals surface area (Å²) in [5.41, 5.74) is 6.46. The highest BCUT2D eigenvalue weighted by molar-refractivity contribution is 6.31. The highest BCUT2D eigenvalue weighted by Crippen LogP contribution is 2.31. The van der Waals surface area contributed by atoms with E-state index in [-0.39, 0.29) is 23.3 Å². The third-order valence-corrected chi connectivity index (χ3v) is 6.05. The summed E-state index contributed by atoms with van der Waals surface area (Å²) in [5, 5.41) is 0.466. The molecule has 3 rings (SSSR count). The smallest absolute Gasteiger partial charge is 0.258 e. The summed E-state index contributed by atoms with van der Waals surface area (Å²) in [7, 11) is 1.52. The van der Waals surface area contributed by atoms with E-state index in [4.69, 9.17) is 22.1 Å².